The van der Waals surface area contributed by atoms with Gasteiger partial charge < -0.3 is 20.5 Å². The minimum absolute atomic E-state index is 0.00405. The molecule has 0 heterocycles. The molecule has 0 aliphatic heterocycles. The van der Waals surface area contributed by atoms with Crippen LogP contribution in [-0.2, 0) is 14.3 Å². The number of carboxylic acids is 1. The van der Waals surface area contributed by atoms with Crippen LogP contribution in [0.2, 0.25) is 0 Å². The zero-order valence-electron chi connectivity index (χ0n) is 20.4. The lowest BCUT2D eigenvalue weighted by Crippen LogP contribution is -2.43. The summed E-state index contributed by atoms with van der Waals surface area (Å²) in [7, 11) is 0. The highest BCUT2D eigenvalue weighted by atomic mass is 16.5. The van der Waals surface area contributed by atoms with Gasteiger partial charge in [0.05, 0.1) is 6.42 Å². The van der Waals surface area contributed by atoms with Crippen LogP contribution in [0.5, 0.6) is 0 Å². The van der Waals surface area contributed by atoms with Gasteiger partial charge >= 0.3 is 12.1 Å². The minimum Gasteiger partial charge on any atom is -0.481 e. The van der Waals surface area contributed by atoms with E-state index < -0.39 is 17.5 Å². The Morgan fingerprint density at radius 2 is 1.51 bits per heavy atom. The molecule has 7 nitrogen and oxygen atoms in total. The predicted octanol–water partition coefficient (Wildman–Crippen LogP) is 4.70. The number of carbonyl (C=O) groups is 3. The smallest absolute Gasteiger partial charge is 0.407 e. The summed E-state index contributed by atoms with van der Waals surface area (Å²) < 4.78 is 5.65. The maximum atomic E-state index is 12.5. The average molecular weight is 479 g/mol. The molecule has 1 saturated carbocycles. The summed E-state index contributed by atoms with van der Waals surface area (Å²) in [5, 5.41) is 14.9. The molecule has 0 aromatic heterocycles. The number of carbonyl (C=O) groups excluding carboxylic acids is 2. The first-order valence-corrected chi connectivity index (χ1v) is 12.3. The number of hydrogen-bond acceptors (Lipinski definition) is 4. The number of rotatable bonds is 8. The monoisotopic (exact) mass is 478 g/mol. The Balaban J connectivity index is 1.22. The van der Waals surface area contributed by atoms with Crippen molar-refractivity contribution in [1.82, 2.24) is 10.6 Å². The number of hydrogen-bond donors (Lipinski definition) is 3. The highest BCUT2D eigenvalue weighted by Gasteiger charge is 2.31. The largest absolute Gasteiger partial charge is 0.481 e. The number of amides is 2. The van der Waals surface area contributed by atoms with E-state index >= 15 is 0 Å². The molecular weight excluding hydrogens is 444 g/mol. The first kappa shape index (κ1) is 24.8. The molecule has 35 heavy (non-hydrogen) atoms. The van der Waals surface area contributed by atoms with Crippen LogP contribution in [-0.4, -0.2) is 42.3 Å². The zero-order chi connectivity index (χ0) is 25.0. The SMILES string of the molecule is CC(C)(CNC(=O)C1CCC(NC(=O)OCC2c3ccccc3-c3ccccc32)CC1)CC(=O)O. The van der Waals surface area contributed by atoms with Crippen LogP contribution < -0.4 is 10.6 Å². The highest BCUT2D eigenvalue weighted by Crippen LogP contribution is 2.44. The molecule has 0 atom stereocenters. The fourth-order valence-electron chi connectivity index (χ4n) is 5.25. The van der Waals surface area contributed by atoms with Gasteiger partial charge in [-0.25, -0.2) is 4.79 Å². The normalized spacial score (nSPS) is 19.4. The number of aliphatic carboxylic acids is 1. The van der Waals surface area contributed by atoms with E-state index in [1.165, 1.54) is 22.3 Å². The Bertz CT molecular complexity index is 1040. The van der Waals surface area contributed by atoms with Crippen LogP contribution >= 0.6 is 0 Å². The van der Waals surface area contributed by atoms with E-state index in [0.29, 0.717) is 32.2 Å². The number of carboxylic acid groups (broad SMARTS) is 1. The first-order chi connectivity index (χ1) is 16.7. The molecule has 186 valence electrons. The van der Waals surface area contributed by atoms with Crippen LogP contribution in [0.3, 0.4) is 0 Å². The van der Waals surface area contributed by atoms with Crippen LogP contribution in [0, 0.1) is 11.3 Å². The average Bonchev–Trinajstić information content (AvgIpc) is 3.15. The predicted molar refractivity (Wildman–Crippen MR) is 133 cm³/mol. The Morgan fingerprint density at radius 1 is 0.943 bits per heavy atom. The van der Waals surface area contributed by atoms with Gasteiger partial charge in [-0.15, -0.1) is 0 Å². The third kappa shape index (κ3) is 6.02. The standard InChI is InChI=1S/C28H34N2O5/c1-28(2,15-25(31)32)17-29-26(33)18-11-13-19(14-12-18)30-27(34)35-16-24-22-9-5-3-7-20(22)21-8-4-6-10-23(21)24/h3-10,18-19,24H,11-17H2,1-2H3,(H,29,33)(H,30,34)(H,31,32). The van der Waals surface area contributed by atoms with Gasteiger partial charge in [-0.3, -0.25) is 9.59 Å². The second-order valence-electron chi connectivity index (χ2n) is 10.5. The van der Waals surface area contributed by atoms with Gasteiger partial charge in [-0.2, -0.15) is 0 Å². The van der Waals surface area contributed by atoms with Gasteiger partial charge in [-0.1, -0.05) is 62.4 Å². The summed E-state index contributed by atoms with van der Waals surface area (Å²) in [4.78, 5) is 36.0. The number of nitrogens with one attached hydrogen (secondary N) is 2. The zero-order valence-corrected chi connectivity index (χ0v) is 20.4. The Kier molecular flexibility index (Phi) is 7.43. The lowest BCUT2D eigenvalue weighted by molar-refractivity contribution is -0.139. The minimum atomic E-state index is -0.871. The van der Waals surface area contributed by atoms with Gasteiger partial charge in [0, 0.05) is 24.4 Å². The van der Waals surface area contributed by atoms with Crippen LogP contribution in [0.15, 0.2) is 48.5 Å². The van der Waals surface area contributed by atoms with Crippen molar-refractivity contribution in [1.29, 1.82) is 0 Å². The number of benzene rings is 2. The molecule has 0 spiro atoms. The molecular formula is C28H34N2O5. The molecule has 2 aliphatic rings. The molecule has 2 amide bonds. The van der Waals surface area contributed by atoms with Crippen LogP contribution in [0.1, 0.15) is 63.0 Å². The summed E-state index contributed by atoms with van der Waals surface area (Å²) in [5.74, 6) is -0.999. The van der Waals surface area contributed by atoms with E-state index in [1.54, 1.807) is 0 Å². The Labute approximate surface area is 206 Å². The van der Waals surface area contributed by atoms with Crippen molar-refractivity contribution < 1.29 is 24.2 Å². The summed E-state index contributed by atoms with van der Waals surface area (Å²) in [6.45, 7) is 4.27. The lowest BCUT2D eigenvalue weighted by atomic mass is 9.84. The first-order valence-electron chi connectivity index (χ1n) is 12.3. The van der Waals surface area contributed by atoms with Crippen molar-refractivity contribution in [2.24, 2.45) is 11.3 Å². The van der Waals surface area contributed by atoms with Gasteiger partial charge in [0.2, 0.25) is 5.91 Å². The summed E-state index contributed by atoms with van der Waals surface area (Å²) in [5.41, 5.74) is 4.25. The van der Waals surface area contributed by atoms with Crippen LogP contribution in [0.25, 0.3) is 11.1 Å². The lowest BCUT2D eigenvalue weighted by Gasteiger charge is -2.30. The quantitative estimate of drug-likeness (QED) is 0.510. The van der Waals surface area contributed by atoms with E-state index in [0.717, 1.165) is 0 Å². The van der Waals surface area contributed by atoms with Crippen molar-refractivity contribution in [2.45, 2.75) is 57.9 Å². The van der Waals surface area contributed by atoms with Crippen molar-refractivity contribution in [3.8, 4) is 11.1 Å². The molecule has 2 aromatic rings. The van der Waals surface area contributed by atoms with Gasteiger partial charge in [0.25, 0.3) is 0 Å². The molecule has 7 heteroatoms. The topological polar surface area (TPSA) is 105 Å². The molecule has 4 rings (SSSR count). The maximum Gasteiger partial charge on any atom is 0.407 e. The van der Waals surface area contributed by atoms with Crippen molar-refractivity contribution in [3.05, 3.63) is 59.7 Å². The Hall–Kier alpha value is -3.35. The molecule has 0 saturated heterocycles. The maximum absolute atomic E-state index is 12.5. The summed E-state index contributed by atoms with van der Waals surface area (Å²) in [6.07, 6.45) is 2.36. The second-order valence-corrected chi connectivity index (χ2v) is 10.5. The Morgan fingerprint density at radius 3 is 2.09 bits per heavy atom. The third-order valence-corrected chi connectivity index (χ3v) is 7.13. The van der Waals surface area contributed by atoms with Gasteiger partial charge in [0.1, 0.15) is 6.61 Å². The van der Waals surface area contributed by atoms with Crippen molar-refractivity contribution in [3.63, 3.8) is 0 Å². The van der Waals surface area contributed by atoms with E-state index in [-0.39, 0.29) is 36.8 Å². The number of alkyl carbamates (subject to hydrolysis) is 1. The molecule has 1 fully saturated rings. The van der Waals surface area contributed by atoms with Crippen molar-refractivity contribution >= 4 is 18.0 Å². The fourth-order valence-corrected chi connectivity index (χ4v) is 5.25. The van der Waals surface area contributed by atoms with Gasteiger partial charge in [-0.05, 0) is 53.4 Å². The fraction of sp³-hybridized carbons (Fsp3) is 0.464. The summed E-state index contributed by atoms with van der Waals surface area (Å²) >= 11 is 0. The van der Waals surface area contributed by atoms with Crippen LogP contribution in [0.4, 0.5) is 4.79 Å². The third-order valence-electron chi connectivity index (χ3n) is 7.13. The molecule has 0 bridgehead atoms. The number of fused-ring (bicyclic) bond motifs is 3. The van der Waals surface area contributed by atoms with E-state index in [9.17, 15) is 14.4 Å². The van der Waals surface area contributed by atoms with E-state index in [1.807, 2.05) is 38.1 Å². The van der Waals surface area contributed by atoms with E-state index in [2.05, 4.69) is 34.9 Å². The molecule has 2 aromatic carbocycles. The van der Waals surface area contributed by atoms with Crippen molar-refractivity contribution in [2.75, 3.05) is 13.2 Å². The van der Waals surface area contributed by atoms with Gasteiger partial charge in [0.15, 0.2) is 0 Å². The molecule has 0 unspecified atom stereocenters. The molecule has 3 N–H and O–H groups in total. The summed E-state index contributed by atoms with van der Waals surface area (Å²) in [6, 6.07) is 16.5. The molecule has 2 aliphatic carbocycles. The highest BCUT2D eigenvalue weighted by molar-refractivity contribution is 5.80. The number of ether oxygens (including phenoxy) is 1. The molecule has 0 radical (unpaired) electrons. The second kappa shape index (κ2) is 10.5. The van der Waals surface area contributed by atoms with E-state index in [4.69, 9.17) is 9.84 Å².